The maximum Gasteiger partial charge on any atom is 0.276 e. The van der Waals surface area contributed by atoms with Crippen molar-refractivity contribution in [3.8, 4) is 5.75 Å². The van der Waals surface area contributed by atoms with Crippen molar-refractivity contribution in [3.63, 3.8) is 0 Å². The van der Waals surface area contributed by atoms with Crippen LogP contribution in [0.15, 0.2) is 40.9 Å². The van der Waals surface area contributed by atoms with Crippen molar-refractivity contribution in [2.45, 2.75) is 33.9 Å². The minimum atomic E-state index is -0.313. The van der Waals surface area contributed by atoms with Crippen LogP contribution in [0.2, 0.25) is 5.02 Å². The summed E-state index contributed by atoms with van der Waals surface area (Å²) in [6.07, 6.45) is 0. The molecule has 8 heteroatoms. The molecule has 1 fully saturated rings. The highest BCUT2D eigenvalue weighted by Gasteiger charge is 2.28. The van der Waals surface area contributed by atoms with Gasteiger partial charge in [-0.3, -0.25) is 9.69 Å². The molecule has 0 spiro atoms. The number of carbonyl (C=O) groups excluding carboxylic acids is 1. The third kappa shape index (κ3) is 5.20. The van der Waals surface area contributed by atoms with Crippen molar-refractivity contribution in [2.75, 3.05) is 26.2 Å². The van der Waals surface area contributed by atoms with Gasteiger partial charge in [0.1, 0.15) is 23.9 Å². The van der Waals surface area contributed by atoms with E-state index < -0.39 is 0 Å². The maximum atomic E-state index is 14.1. The van der Waals surface area contributed by atoms with Crippen LogP contribution in [-0.2, 0) is 13.2 Å². The van der Waals surface area contributed by atoms with Crippen LogP contribution in [0.4, 0.5) is 4.39 Å². The van der Waals surface area contributed by atoms with E-state index in [4.69, 9.17) is 20.9 Å². The van der Waals surface area contributed by atoms with Gasteiger partial charge in [0.05, 0.1) is 5.56 Å². The van der Waals surface area contributed by atoms with Crippen molar-refractivity contribution >= 4 is 17.5 Å². The fourth-order valence-corrected chi connectivity index (χ4v) is 4.08. The summed E-state index contributed by atoms with van der Waals surface area (Å²) in [5.41, 5.74) is 3.74. The Morgan fingerprint density at radius 1 is 1.09 bits per heavy atom. The number of halogens is 2. The number of hydrogen-bond acceptors (Lipinski definition) is 5. The molecule has 174 valence electrons. The lowest BCUT2D eigenvalue weighted by Crippen LogP contribution is -2.48. The normalized spacial score (nSPS) is 14.5. The number of ether oxygens (including phenoxy) is 1. The topological polar surface area (TPSA) is 58.8 Å². The first-order valence-corrected chi connectivity index (χ1v) is 11.3. The van der Waals surface area contributed by atoms with Gasteiger partial charge in [0, 0.05) is 43.3 Å². The summed E-state index contributed by atoms with van der Waals surface area (Å²) in [6.45, 7) is 8.70. The predicted octanol–water partition coefficient (Wildman–Crippen LogP) is 4.93. The van der Waals surface area contributed by atoms with Gasteiger partial charge in [-0.05, 0) is 56.2 Å². The monoisotopic (exact) mass is 471 g/mol. The van der Waals surface area contributed by atoms with Crippen molar-refractivity contribution in [1.29, 1.82) is 0 Å². The number of piperazine rings is 1. The molecule has 1 saturated heterocycles. The number of hydrogen-bond donors (Lipinski definition) is 0. The summed E-state index contributed by atoms with van der Waals surface area (Å²) in [5, 5.41) is 4.43. The van der Waals surface area contributed by atoms with Crippen LogP contribution in [0, 0.1) is 26.6 Å². The minimum Gasteiger partial charge on any atom is -0.489 e. The number of amides is 1. The van der Waals surface area contributed by atoms with Crippen LogP contribution in [0.25, 0.3) is 0 Å². The van der Waals surface area contributed by atoms with Gasteiger partial charge in [0.25, 0.3) is 5.91 Å². The molecule has 0 unspecified atom stereocenters. The molecule has 1 aromatic heterocycles. The molecule has 1 amide bonds. The third-order valence-electron chi connectivity index (χ3n) is 6.15. The summed E-state index contributed by atoms with van der Waals surface area (Å²) < 4.78 is 25.4. The molecular weight excluding hydrogens is 445 g/mol. The Bertz CT molecular complexity index is 1140. The Morgan fingerprint density at radius 3 is 2.55 bits per heavy atom. The highest BCUT2D eigenvalue weighted by atomic mass is 35.5. The Balaban J connectivity index is 1.38. The number of nitrogens with zero attached hydrogens (tertiary/aromatic N) is 3. The molecule has 4 rings (SSSR count). The van der Waals surface area contributed by atoms with E-state index in [1.165, 1.54) is 11.6 Å². The van der Waals surface area contributed by atoms with Crippen LogP contribution in [0.1, 0.15) is 38.5 Å². The van der Waals surface area contributed by atoms with Gasteiger partial charge in [-0.2, -0.15) is 0 Å². The second-order valence-electron chi connectivity index (χ2n) is 8.37. The van der Waals surface area contributed by atoms with E-state index in [1.807, 2.05) is 32.0 Å². The average Bonchev–Trinajstić information content (AvgIpc) is 3.17. The zero-order valence-electron chi connectivity index (χ0n) is 19.0. The number of carbonyl (C=O) groups is 1. The smallest absolute Gasteiger partial charge is 0.276 e. The van der Waals surface area contributed by atoms with E-state index in [-0.39, 0.29) is 24.0 Å². The number of aromatic nitrogens is 1. The number of aryl methyl sites for hydroxylation is 3. The lowest BCUT2D eigenvalue weighted by molar-refractivity contribution is 0.0615. The highest BCUT2D eigenvalue weighted by molar-refractivity contribution is 6.31. The van der Waals surface area contributed by atoms with E-state index in [0.717, 1.165) is 11.3 Å². The molecular formula is C25H27ClFN3O3. The molecule has 1 aliphatic heterocycles. The quantitative estimate of drug-likeness (QED) is 0.510. The first kappa shape index (κ1) is 23.3. The summed E-state index contributed by atoms with van der Waals surface area (Å²) in [7, 11) is 0. The molecule has 0 radical (unpaired) electrons. The van der Waals surface area contributed by atoms with Crippen LogP contribution in [0.3, 0.4) is 0 Å². The van der Waals surface area contributed by atoms with E-state index in [0.29, 0.717) is 54.6 Å². The predicted molar refractivity (Wildman–Crippen MR) is 124 cm³/mol. The highest BCUT2D eigenvalue weighted by Crippen LogP contribution is 2.23. The largest absolute Gasteiger partial charge is 0.489 e. The van der Waals surface area contributed by atoms with Crippen molar-refractivity contribution in [2.24, 2.45) is 0 Å². The molecule has 1 aliphatic rings. The van der Waals surface area contributed by atoms with Crippen molar-refractivity contribution in [3.05, 3.63) is 80.9 Å². The molecule has 0 saturated carbocycles. The first-order valence-electron chi connectivity index (χ1n) is 10.9. The standard InChI is InChI=1S/C25H27ClFN3O3/c1-16-7-8-19(13-17(16)2)32-15-21-18(3)33-28-24(21)25(31)30-11-9-29(10-12-30)14-20-22(26)5-4-6-23(20)27/h4-8,13H,9-12,14-15H2,1-3H3. The first-order chi connectivity index (χ1) is 15.8. The summed E-state index contributed by atoms with van der Waals surface area (Å²) in [5.74, 6) is 0.800. The zero-order valence-corrected chi connectivity index (χ0v) is 19.8. The molecule has 2 heterocycles. The number of rotatable bonds is 6. The zero-order chi connectivity index (χ0) is 23.5. The molecule has 0 atom stereocenters. The van der Waals surface area contributed by atoms with Crippen LogP contribution < -0.4 is 4.74 Å². The Morgan fingerprint density at radius 2 is 1.85 bits per heavy atom. The molecule has 2 aromatic carbocycles. The fraction of sp³-hybridized carbons (Fsp3) is 0.360. The molecule has 0 aliphatic carbocycles. The van der Waals surface area contributed by atoms with Gasteiger partial charge in [0.15, 0.2) is 5.69 Å². The van der Waals surface area contributed by atoms with Crippen LogP contribution in [-0.4, -0.2) is 47.0 Å². The summed E-state index contributed by atoms with van der Waals surface area (Å²) in [6, 6.07) is 10.6. The van der Waals surface area contributed by atoms with Gasteiger partial charge in [-0.25, -0.2) is 4.39 Å². The average molecular weight is 472 g/mol. The molecule has 0 N–H and O–H groups in total. The van der Waals surface area contributed by atoms with Gasteiger partial charge >= 0.3 is 0 Å². The SMILES string of the molecule is Cc1ccc(OCc2c(C(=O)N3CCN(Cc4c(F)cccc4Cl)CC3)noc2C)cc1C. The van der Waals surface area contributed by atoms with Gasteiger partial charge in [-0.1, -0.05) is 28.9 Å². The summed E-state index contributed by atoms with van der Waals surface area (Å²) >= 11 is 6.16. The Hall–Kier alpha value is -2.90. The Labute approximate surface area is 197 Å². The van der Waals surface area contributed by atoms with E-state index >= 15 is 0 Å². The second-order valence-corrected chi connectivity index (χ2v) is 8.78. The van der Waals surface area contributed by atoms with Gasteiger partial charge in [-0.15, -0.1) is 0 Å². The van der Waals surface area contributed by atoms with E-state index in [9.17, 15) is 9.18 Å². The minimum absolute atomic E-state index is 0.186. The lowest BCUT2D eigenvalue weighted by atomic mass is 10.1. The second kappa shape index (κ2) is 9.93. The lowest BCUT2D eigenvalue weighted by Gasteiger charge is -2.34. The third-order valence-corrected chi connectivity index (χ3v) is 6.51. The maximum absolute atomic E-state index is 14.1. The Kier molecular flexibility index (Phi) is 7.00. The molecule has 6 nitrogen and oxygen atoms in total. The fourth-order valence-electron chi connectivity index (χ4n) is 3.85. The molecule has 33 heavy (non-hydrogen) atoms. The van der Waals surface area contributed by atoms with Crippen LogP contribution >= 0.6 is 11.6 Å². The van der Waals surface area contributed by atoms with E-state index in [1.54, 1.807) is 24.0 Å². The van der Waals surface area contributed by atoms with Crippen LogP contribution in [0.5, 0.6) is 5.75 Å². The van der Waals surface area contributed by atoms with Gasteiger partial charge < -0.3 is 14.2 Å². The van der Waals surface area contributed by atoms with Gasteiger partial charge in [0.2, 0.25) is 0 Å². The van der Waals surface area contributed by atoms with Crippen molar-refractivity contribution < 1.29 is 18.4 Å². The number of benzene rings is 2. The van der Waals surface area contributed by atoms with E-state index in [2.05, 4.69) is 10.1 Å². The van der Waals surface area contributed by atoms with Crippen molar-refractivity contribution in [1.82, 2.24) is 15.0 Å². The molecule has 3 aromatic rings. The summed E-state index contributed by atoms with van der Waals surface area (Å²) in [4.78, 5) is 17.0. The molecule has 0 bridgehead atoms.